The molecule has 0 radical (unpaired) electrons. The van der Waals surface area contributed by atoms with Crippen molar-refractivity contribution in [2.24, 2.45) is 0 Å². The number of pyridine rings is 1. The quantitative estimate of drug-likeness (QED) is 0.520. The Morgan fingerprint density at radius 1 is 1.17 bits per heavy atom. The number of amides is 2. The van der Waals surface area contributed by atoms with E-state index >= 15 is 0 Å². The summed E-state index contributed by atoms with van der Waals surface area (Å²) in [5.41, 5.74) is -0.438. The zero-order valence-corrected chi connectivity index (χ0v) is 17.3. The maximum atomic E-state index is 13.3. The number of nitrogens with zero attached hydrogens (tertiary/aromatic N) is 1. The maximum Gasteiger partial charge on any atom is 0.417 e. The molecule has 10 heteroatoms. The molecular weight excluding hydrogens is 421 g/mol. The lowest BCUT2D eigenvalue weighted by atomic mass is 10.2. The SMILES string of the molecule is CC(C)(C)OC(=O)Nc1sc2cnccc2c1OC(=O)Nc1ccc(F)c(Cl)c1. The molecule has 3 rings (SSSR count). The Labute approximate surface area is 174 Å². The van der Waals surface area contributed by atoms with E-state index in [-0.39, 0.29) is 21.5 Å². The minimum atomic E-state index is -0.837. The van der Waals surface area contributed by atoms with E-state index in [4.69, 9.17) is 21.1 Å². The van der Waals surface area contributed by atoms with Crippen molar-refractivity contribution in [3.8, 4) is 5.75 Å². The number of hydrogen-bond acceptors (Lipinski definition) is 6. The van der Waals surface area contributed by atoms with E-state index in [2.05, 4.69) is 15.6 Å². The van der Waals surface area contributed by atoms with Gasteiger partial charge in [-0.05, 0) is 45.0 Å². The van der Waals surface area contributed by atoms with Crippen LogP contribution in [0.15, 0.2) is 36.7 Å². The van der Waals surface area contributed by atoms with Crippen LogP contribution in [-0.4, -0.2) is 22.8 Å². The van der Waals surface area contributed by atoms with Crippen molar-refractivity contribution in [1.29, 1.82) is 0 Å². The molecule has 29 heavy (non-hydrogen) atoms. The van der Waals surface area contributed by atoms with Crippen LogP contribution < -0.4 is 15.4 Å². The molecule has 0 fully saturated rings. The van der Waals surface area contributed by atoms with E-state index in [9.17, 15) is 14.0 Å². The largest absolute Gasteiger partial charge is 0.444 e. The van der Waals surface area contributed by atoms with Gasteiger partial charge in [0.05, 0.1) is 9.72 Å². The number of nitrogens with one attached hydrogen (secondary N) is 2. The first-order valence-corrected chi connectivity index (χ1v) is 9.62. The second-order valence-corrected chi connectivity index (χ2v) is 8.36. The molecule has 0 atom stereocenters. The predicted octanol–water partition coefficient (Wildman–Crippen LogP) is 6.05. The van der Waals surface area contributed by atoms with Crippen LogP contribution in [0, 0.1) is 5.82 Å². The number of ether oxygens (including phenoxy) is 2. The van der Waals surface area contributed by atoms with Gasteiger partial charge in [-0.15, -0.1) is 11.3 Å². The molecule has 0 saturated heterocycles. The Balaban J connectivity index is 1.84. The zero-order chi connectivity index (χ0) is 21.2. The van der Waals surface area contributed by atoms with Crippen LogP contribution in [0.4, 0.5) is 24.7 Å². The Morgan fingerprint density at radius 2 is 1.93 bits per heavy atom. The van der Waals surface area contributed by atoms with Crippen molar-refractivity contribution < 1.29 is 23.5 Å². The van der Waals surface area contributed by atoms with E-state index < -0.39 is 23.6 Å². The Bertz CT molecular complexity index is 1080. The molecule has 0 aliphatic rings. The highest BCUT2D eigenvalue weighted by Crippen LogP contribution is 2.42. The van der Waals surface area contributed by atoms with Gasteiger partial charge in [-0.3, -0.25) is 15.6 Å². The number of fused-ring (bicyclic) bond motifs is 1. The van der Waals surface area contributed by atoms with Gasteiger partial charge in [0, 0.05) is 23.5 Å². The first-order chi connectivity index (χ1) is 13.6. The van der Waals surface area contributed by atoms with E-state index in [0.29, 0.717) is 10.1 Å². The fourth-order valence-electron chi connectivity index (χ4n) is 2.32. The normalized spacial score (nSPS) is 11.2. The molecule has 0 unspecified atom stereocenters. The zero-order valence-electron chi connectivity index (χ0n) is 15.7. The number of thiophene rings is 1. The molecule has 152 valence electrons. The van der Waals surface area contributed by atoms with E-state index in [1.807, 2.05) is 0 Å². The molecule has 7 nitrogen and oxygen atoms in total. The minimum absolute atomic E-state index is 0.137. The number of carbonyl (C=O) groups is 2. The van der Waals surface area contributed by atoms with Gasteiger partial charge < -0.3 is 9.47 Å². The molecule has 0 aliphatic heterocycles. The Kier molecular flexibility index (Phi) is 5.90. The average Bonchev–Trinajstić information content (AvgIpc) is 2.93. The summed E-state index contributed by atoms with van der Waals surface area (Å²) < 4.78 is 24.7. The van der Waals surface area contributed by atoms with Gasteiger partial charge in [-0.2, -0.15) is 0 Å². The number of anilines is 2. The second kappa shape index (κ2) is 8.22. The van der Waals surface area contributed by atoms with E-state index in [1.165, 1.54) is 29.7 Å². The molecule has 2 aromatic heterocycles. The Morgan fingerprint density at radius 3 is 2.62 bits per heavy atom. The highest BCUT2D eigenvalue weighted by Gasteiger charge is 2.22. The standard InChI is InChI=1S/C19H17ClFN3O4S/c1-19(2,3)28-18(26)24-16-15(11-6-7-22-9-14(11)29-16)27-17(25)23-10-4-5-13(21)12(20)8-10/h4-9H,1-3H3,(H,23,25)(H,24,26). The highest BCUT2D eigenvalue weighted by molar-refractivity contribution is 7.23. The maximum absolute atomic E-state index is 13.3. The molecule has 1 aromatic carbocycles. The monoisotopic (exact) mass is 437 g/mol. The van der Waals surface area contributed by atoms with Gasteiger partial charge in [-0.1, -0.05) is 11.6 Å². The van der Waals surface area contributed by atoms with Gasteiger partial charge in [0.15, 0.2) is 5.75 Å². The summed E-state index contributed by atoms with van der Waals surface area (Å²) in [5.74, 6) is -0.463. The number of hydrogen-bond donors (Lipinski definition) is 2. The van der Waals surface area contributed by atoms with Crippen molar-refractivity contribution in [3.05, 3.63) is 47.5 Å². The molecule has 2 N–H and O–H groups in total. The van der Waals surface area contributed by atoms with Crippen LogP contribution in [0.2, 0.25) is 5.02 Å². The van der Waals surface area contributed by atoms with Crippen LogP contribution in [-0.2, 0) is 4.74 Å². The lowest BCUT2D eigenvalue weighted by Gasteiger charge is -2.19. The number of benzene rings is 1. The molecule has 2 amide bonds. The molecule has 0 saturated carbocycles. The van der Waals surface area contributed by atoms with Gasteiger partial charge in [0.1, 0.15) is 16.4 Å². The van der Waals surface area contributed by atoms with Gasteiger partial charge in [0.25, 0.3) is 0 Å². The molecule has 2 heterocycles. The Hall–Kier alpha value is -2.91. The molecule has 0 spiro atoms. The third-order valence-electron chi connectivity index (χ3n) is 3.42. The summed E-state index contributed by atoms with van der Waals surface area (Å²) in [6.45, 7) is 5.21. The average molecular weight is 438 g/mol. The topological polar surface area (TPSA) is 89.6 Å². The van der Waals surface area contributed by atoms with Crippen LogP contribution in [0.5, 0.6) is 5.75 Å². The lowest BCUT2D eigenvalue weighted by Crippen LogP contribution is -2.27. The first kappa shape index (κ1) is 20.8. The number of rotatable bonds is 3. The third-order valence-corrected chi connectivity index (χ3v) is 4.75. The molecule has 0 aliphatic carbocycles. The minimum Gasteiger partial charge on any atom is -0.444 e. The fraction of sp³-hybridized carbons (Fsp3) is 0.211. The van der Waals surface area contributed by atoms with E-state index in [0.717, 1.165) is 6.07 Å². The smallest absolute Gasteiger partial charge is 0.417 e. The summed E-state index contributed by atoms with van der Waals surface area (Å²) in [7, 11) is 0. The van der Waals surface area contributed by atoms with Crippen molar-refractivity contribution in [2.75, 3.05) is 10.6 Å². The van der Waals surface area contributed by atoms with Gasteiger partial charge >= 0.3 is 12.2 Å². The summed E-state index contributed by atoms with van der Waals surface area (Å²) in [6.07, 6.45) is 1.60. The number of carbonyl (C=O) groups excluding carboxylic acids is 2. The van der Waals surface area contributed by atoms with E-state index in [1.54, 1.807) is 33.0 Å². The van der Waals surface area contributed by atoms with Crippen LogP contribution >= 0.6 is 22.9 Å². The fourth-order valence-corrected chi connectivity index (χ4v) is 3.48. The van der Waals surface area contributed by atoms with Crippen molar-refractivity contribution >= 4 is 55.9 Å². The van der Waals surface area contributed by atoms with Gasteiger partial charge in [0.2, 0.25) is 0 Å². The van der Waals surface area contributed by atoms with Crippen molar-refractivity contribution in [1.82, 2.24) is 4.98 Å². The molecule has 0 bridgehead atoms. The van der Waals surface area contributed by atoms with Crippen LogP contribution in [0.1, 0.15) is 20.8 Å². The first-order valence-electron chi connectivity index (χ1n) is 8.43. The van der Waals surface area contributed by atoms with Crippen molar-refractivity contribution in [3.63, 3.8) is 0 Å². The molecule has 3 aromatic rings. The lowest BCUT2D eigenvalue weighted by molar-refractivity contribution is 0.0636. The van der Waals surface area contributed by atoms with Crippen LogP contribution in [0.25, 0.3) is 10.1 Å². The number of halogens is 2. The van der Waals surface area contributed by atoms with Gasteiger partial charge in [-0.25, -0.2) is 14.0 Å². The predicted molar refractivity (Wildman–Crippen MR) is 111 cm³/mol. The summed E-state index contributed by atoms with van der Waals surface area (Å²) >= 11 is 6.90. The van der Waals surface area contributed by atoms with Crippen molar-refractivity contribution in [2.45, 2.75) is 26.4 Å². The third kappa shape index (κ3) is 5.33. The summed E-state index contributed by atoms with van der Waals surface area (Å²) in [6, 6.07) is 5.38. The molecular formula is C19H17ClFN3O4S. The number of aromatic nitrogens is 1. The summed E-state index contributed by atoms with van der Waals surface area (Å²) in [5, 5.41) is 5.80. The second-order valence-electron chi connectivity index (χ2n) is 6.90. The summed E-state index contributed by atoms with van der Waals surface area (Å²) in [4.78, 5) is 28.5. The van der Waals surface area contributed by atoms with Crippen LogP contribution in [0.3, 0.4) is 0 Å². The highest BCUT2D eigenvalue weighted by atomic mass is 35.5.